The topological polar surface area (TPSA) is 21.3 Å². The van der Waals surface area contributed by atoms with Gasteiger partial charge in [-0.25, -0.2) is 0 Å². The first kappa shape index (κ1) is 11.6. The van der Waals surface area contributed by atoms with Gasteiger partial charge in [-0.05, 0) is 24.0 Å². The second kappa shape index (κ2) is 4.56. The summed E-state index contributed by atoms with van der Waals surface area (Å²) < 4.78 is 5.61. The van der Waals surface area contributed by atoms with Crippen molar-refractivity contribution in [3.63, 3.8) is 0 Å². The van der Waals surface area contributed by atoms with Crippen LogP contribution < -0.4 is 5.32 Å². The fraction of sp³-hybridized carbons (Fsp3) is 0.571. The molecule has 1 N–H and O–H groups in total. The molecule has 1 aromatic rings. The molecule has 1 aromatic carbocycles. The lowest BCUT2D eigenvalue weighted by Gasteiger charge is -2.37. The third-order valence-electron chi connectivity index (χ3n) is 3.33. The van der Waals surface area contributed by atoms with Gasteiger partial charge in [0.2, 0.25) is 0 Å². The van der Waals surface area contributed by atoms with E-state index in [0.717, 1.165) is 19.8 Å². The second-order valence-corrected chi connectivity index (χ2v) is 5.05. The highest BCUT2D eigenvalue weighted by Crippen LogP contribution is 2.30. The Morgan fingerprint density at radius 1 is 1.31 bits per heavy atom. The van der Waals surface area contributed by atoms with Crippen molar-refractivity contribution >= 4 is 0 Å². The van der Waals surface area contributed by atoms with Gasteiger partial charge in [0.1, 0.15) is 0 Å². The van der Waals surface area contributed by atoms with Crippen molar-refractivity contribution in [3.05, 3.63) is 35.4 Å². The summed E-state index contributed by atoms with van der Waals surface area (Å²) in [7, 11) is 0. The Kier molecular flexibility index (Phi) is 3.31. The highest BCUT2D eigenvalue weighted by Gasteiger charge is 2.31. The van der Waals surface area contributed by atoms with Crippen molar-refractivity contribution in [2.24, 2.45) is 0 Å². The Balaban J connectivity index is 2.38. The van der Waals surface area contributed by atoms with Crippen LogP contribution in [0.4, 0.5) is 0 Å². The first-order chi connectivity index (χ1) is 7.63. The van der Waals surface area contributed by atoms with E-state index in [2.05, 4.69) is 50.4 Å². The standard InChI is InChI=1S/C14H21NO/c1-11(2)12-6-4-5-7-13(12)14(3)10-16-9-8-15-14/h4-7,11,15H,8-10H2,1-3H3. The zero-order valence-electron chi connectivity index (χ0n) is 10.4. The number of ether oxygens (including phenoxy) is 1. The maximum absolute atomic E-state index is 5.61. The Bertz CT molecular complexity index is 354. The van der Waals surface area contributed by atoms with Crippen molar-refractivity contribution in [2.75, 3.05) is 19.8 Å². The molecule has 2 nitrogen and oxygen atoms in total. The molecule has 1 atom stereocenters. The fourth-order valence-electron chi connectivity index (χ4n) is 2.40. The molecule has 88 valence electrons. The number of benzene rings is 1. The van der Waals surface area contributed by atoms with Crippen LogP contribution in [0.3, 0.4) is 0 Å². The van der Waals surface area contributed by atoms with Gasteiger partial charge in [0.25, 0.3) is 0 Å². The number of rotatable bonds is 2. The molecule has 0 aromatic heterocycles. The molecule has 1 heterocycles. The summed E-state index contributed by atoms with van der Waals surface area (Å²) in [6.45, 7) is 9.23. The summed E-state index contributed by atoms with van der Waals surface area (Å²) in [5.41, 5.74) is 2.77. The van der Waals surface area contributed by atoms with Gasteiger partial charge in [-0.2, -0.15) is 0 Å². The van der Waals surface area contributed by atoms with Crippen molar-refractivity contribution in [1.29, 1.82) is 0 Å². The third kappa shape index (κ3) is 2.13. The predicted octanol–water partition coefficient (Wildman–Crippen LogP) is 2.65. The monoisotopic (exact) mass is 219 g/mol. The summed E-state index contributed by atoms with van der Waals surface area (Å²) in [5, 5.41) is 3.58. The third-order valence-corrected chi connectivity index (χ3v) is 3.33. The van der Waals surface area contributed by atoms with E-state index < -0.39 is 0 Å². The molecule has 0 spiro atoms. The number of nitrogens with one attached hydrogen (secondary N) is 1. The van der Waals surface area contributed by atoms with Crippen molar-refractivity contribution in [3.8, 4) is 0 Å². The smallest absolute Gasteiger partial charge is 0.0688 e. The van der Waals surface area contributed by atoms with Crippen LogP contribution in [0.5, 0.6) is 0 Å². The highest BCUT2D eigenvalue weighted by atomic mass is 16.5. The summed E-state index contributed by atoms with van der Waals surface area (Å²) in [6.07, 6.45) is 0. The molecule has 1 aliphatic rings. The van der Waals surface area contributed by atoms with E-state index in [1.807, 2.05) is 0 Å². The SMILES string of the molecule is CC(C)c1ccccc1C1(C)COCCN1. The summed E-state index contributed by atoms with van der Waals surface area (Å²) in [6, 6.07) is 8.67. The van der Waals surface area contributed by atoms with E-state index >= 15 is 0 Å². The molecule has 0 amide bonds. The molecule has 0 bridgehead atoms. The van der Waals surface area contributed by atoms with Crippen LogP contribution in [0.25, 0.3) is 0 Å². The lowest BCUT2D eigenvalue weighted by molar-refractivity contribution is 0.0334. The molecule has 0 saturated carbocycles. The molecule has 16 heavy (non-hydrogen) atoms. The fourth-order valence-corrected chi connectivity index (χ4v) is 2.40. The largest absolute Gasteiger partial charge is 0.378 e. The number of morpholine rings is 1. The molecule has 1 saturated heterocycles. The van der Waals surface area contributed by atoms with E-state index in [0.29, 0.717) is 5.92 Å². The summed E-state index contributed by atoms with van der Waals surface area (Å²) >= 11 is 0. The molecule has 1 fully saturated rings. The molecule has 1 unspecified atom stereocenters. The maximum Gasteiger partial charge on any atom is 0.0688 e. The average Bonchev–Trinajstić information content (AvgIpc) is 2.30. The zero-order chi connectivity index (χ0) is 11.6. The minimum absolute atomic E-state index is 0.0287. The lowest BCUT2D eigenvalue weighted by atomic mass is 9.84. The van der Waals surface area contributed by atoms with Gasteiger partial charge in [0, 0.05) is 6.54 Å². The van der Waals surface area contributed by atoms with Crippen LogP contribution in [-0.2, 0) is 10.3 Å². The highest BCUT2D eigenvalue weighted by molar-refractivity contribution is 5.35. The van der Waals surface area contributed by atoms with E-state index in [4.69, 9.17) is 4.74 Å². The van der Waals surface area contributed by atoms with E-state index in [-0.39, 0.29) is 5.54 Å². The quantitative estimate of drug-likeness (QED) is 0.825. The van der Waals surface area contributed by atoms with Crippen LogP contribution in [-0.4, -0.2) is 19.8 Å². The average molecular weight is 219 g/mol. The predicted molar refractivity (Wildman–Crippen MR) is 66.7 cm³/mol. The normalized spacial score (nSPS) is 26.0. The molecular formula is C14H21NO. The summed E-state index contributed by atoms with van der Waals surface area (Å²) in [5.74, 6) is 0.553. The maximum atomic E-state index is 5.61. The van der Waals surface area contributed by atoms with Gasteiger partial charge in [-0.1, -0.05) is 38.1 Å². The minimum atomic E-state index is -0.0287. The van der Waals surface area contributed by atoms with Crippen molar-refractivity contribution in [2.45, 2.75) is 32.2 Å². The van der Waals surface area contributed by atoms with Crippen molar-refractivity contribution in [1.82, 2.24) is 5.32 Å². The Morgan fingerprint density at radius 3 is 2.69 bits per heavy atom. The molecule has 1 aliphatic heterocycles. The Labute approximate surface area is 98.0 Å². The Hall–Kier alpha value is -0.860. The number of hydrogen-bond acceptors (Lipinski definition) is 2. The second-order valence-electron chi connectivity index (χ2n) is 5.05. The first-order valence-corrected chi connectivity index (χ1v) is 6.06. The molecule has 2 heteroatoms. The summed E-state index contributed by atoms with van der Waals surface area (Å²) in [4.78, 5) is 0. The molecule has 0 radical (unpaired) electrons. The van der Waals surface area contributed by atoms with Gasteiger partial charge in [-0.3, -0.25) is 0 Å². The van der Waals surface area contributed by atoms with Gasteiger partial charge < -0.3 is 10.1 Å². The van der Waals surface area contributed by atoms with Crippen LogP contribution in [0.2, 0.25) is 0 Å². The minimum Gasteiger partial charge on any atom is -0.378 e. The van der Waals surface area contributed by atoms with Gasteiger partial charge in [0.05, 0.1) is 18.8 Å². The number of hydrogen-bond donors (Lipinski definition) is 1. The molecule has 2 rings (SSSR count). The zero-order valence-corrected chi connectivity index (χ0v) is 10.4. The molecular weight excluding hydrogens is 198 g/mol. The van der Waals surface area contributed by atoms with E-state index in [1.165, 1.54) is 11.1 Å². The van der Waals surface area contributed by atoms with Gasteiger partial charge in [0.15, 0.2) is 0 Å². The Morgan fingerprint density at radius 2 is 2.06 bits per heavy atom. The lowest BCUT2D eigenvalue weighted by Crippen LogP contribution is -2.49. The van der Waals surface area contributed by atoms with Crippen LogP contribution in [0.1, 0.15) is 37.8 Å². The molecule has 0 aliphatic carbocycles. The van der Waals surface area contributed by atoms with E-state index in [9.17, 15) is 0 Å². The van der Waals surface area contributed by atoms with Gasteiger partial charge in [-0.15, -0.1) is 0 Å². The first-order valence-electron chi connectivity index (χ1n) is 6.06. The van der Waals surface area contributed by atoms with Gasteiger partial charge >= 0.3 is 0 Å². The van der Waals surface area contributed by atoms with E-state index in [1.54, 1.807) is 0 Å². The van der Waals surface area contributed by atoms with Crippen molar-refractivity contribution < 1.29 is 4.74 Å². The van der Waals surface area contributed by atoms with Crippen LogP contribution in [0, 0.1) is 0 Å². The van der Waals surface area contributed by atoms with Crippen LogP contribution in [0.15, 0.2) is 24.3 Å². The van der Waals surface area contributed by atoms with Crippen LogP contribution >= 0.6 is 0 Å².